The number of nitrogens with zero attached hydrogens (tertiary/aromatic N) is 3. The molecule has 2 aromatic heterocycles. The van der Waals surface area contributed by atoms with Gasteiger partial charge in [-0.05, 0) is 73.0 Å². The van der Waals surface area contributed by atoms with Crippen LogP contribution in [0.25, 0.3) is 89.5 Å². The Balaban J connectivity index is 1.11. The second kappa shape index (κ2) is 11.6. The van der Waals surface area contributed by atoms with Crippen LogP contribution in [-0.2, 0) is 10.8 Å². The molecule has 4 nitrogen and oxygen atoms in total. The molecule has 0 radical (unpaired) electrons. The zero-order valence-electron chi connectivity index (χ0n) is 32.5. The molecule has 3 aliphatic carbocycles. The fourth-order valence-electron chi connectivity index (χ4n) is 10.8. The van der Waals surface area contributed by atoms with Gasteiger partial charge in [0.2, 0.25) is 0 Å². The lowest BCUT2D eigenvalue weighted by Crippen LogP contribution is -2.25. The Morgan fingerprint density at radius 3 is 1.71 bits per heavy atom. The van der Waals surface area contributed by atoms with Crippen LogP contribution in [-0.4, -0.2) is 15.0 Å². The molecular weight excluding hydrogens is 719 g/mol. The van der Waals surface area contributed by atoms with Gasteiger partial charge in [0.15, 0.2) is 17.5 Å². The molecule has 8 aromatic carbocycles. The molecule has 0 saturated carbocycles. The third-order valence-corrected chi connectivity index (χ3v) is 13.4. The summed E-state index contributed by atoms with van der Waals surface area (Å²) in [7, 11) is 0. The molecule has 0 N–H and O–H groups in total. The minimum atomic E-state index is -0.588. The van der Waals surface area contributed by atoms with E-state index in [1.807, 2.05) is 0 Å². The van der Waals surface area contributed by atoms with Crippen LogP contribution in [0.4, 0.5) is 0 Å². The normalized spacial score (nSPS) is 14.5. The van der Waals surface area contributed by atoms with Crippen molar-refractivity contribution in [2.45, 2.75) is 24.7 Å². The van der Waals surface area contributed by atoms with E-state index in [1.54, 1.807) is 0 Å². The summed E-state index contributed by atoms with van der Waals surface area (Å²) in [6.07, 6.45) is 0. The standard InChI is InChI=1S/C55H35N3O/c1-54(2)42-24-9-5-18-35(42)38-30-29-33(31-46(38)54)51-56-52(39-22-13-16-32-15-3-4-17-34(32)39)58-53(57-51)41-23-14-27-45-48(41)50-49(40-21-8-12-28-47(40)59-50)55(45)43-25-10-6-19-36(43)37-20-7-11-26-44(37)55/h3-31H,1-2H3. The molecule has 0 atom stereocenters. The van der Waals surface area contributed by atoms with Gasteiger partial charge < -0.3 is 4.42 Å². The first-order valence-electron chi connectivity index (χ1n) is 20.4. The van der Waals surface area contributed by atoms with Gasteiger partial charge in [-0.2, -0.15) is 0 Å². The van der Waals surface area contributed by atoms with Gasteiger partial charge in [0, 0.05) is 38.6 Å². The van der Waals surface area contributed by atoms with E-state index in [0.29, 0.717) is 17.5 Å². The van der Waals surface area contributed by atoms with E-state index in [4.69, 9.17) is 19.4 Å². The maximum atomic E-state index is 7.04. The summed E-state index contributed by atoms with van der Waals surface area (Å²) >= 11 is 0. The highest BCUT2D eigenvalue weighted by molar-refractivity contribution is 6.05. The van der Waals surface area contributed by atoms with Crippen molar-refractivity contribution >= 4 is 21.7 Å². The SMILES string of the molecule is CC1(C)c2ccccc2-c2ccc(-c3nc(-c4cccc5c4-c4oc6ccccc6c4C54c5ccccc5-c5ccccc54)nc(-c4cccc5ccccc45)n3)cc21. The Kier molecular flexibility index (Phi) is 6.41. The number of hydrogen-bond donors (Lipinski definition) is 0. The third-order valence-electron chi connectivity index (χ3n) is 13.4. The number of furan rings is 1. The Labute approximate surface area is 341 Å². The van der Waals surface area contributed by atoms with Gasteiger partial charge in [0.1, 0.15) is 11.3 Å². The van der Waals surface area contributed by atoms with Gasteiger partial charge in [-0.3, -0.25) is 0 Å². The maximum Gasteiger partial charge on any atom is 0.164 e. The van der Waals surface area contributed by atoms with E-state index in [1.165, 1.54) is 55.6 Å². The molecule has 1 spiro atoms. The van der Waals surface area contributed by atoms with Crippen LogP contribution < -0.4 is 0 Å². The molecule has 0 fully saturated rings. The van der Waals surface area contributed by atoms with Crippen LogP contribution in [0.2, 0.25) is 0 Å². The summed E-state index contributed by atoms with van der Waals surface area (Å²) in [5, 5.41) is 3.35. The van der Waals surface area contributed by atoms with E-state index in [9.17, 15) is 0 Å². The summed E-state index contributed by atoms with van der Waals surface area (Å²) < 4.78 is 7.04. The topological polar surface area (TPSA) is 51.8 Å². The Morgan fingerprint density at radius 2 is 0.932 bits per heavy atom. The molecule has 0 unspecified atom stereocenters. The van der Waals surface area contributed by atoms with Crippen molar-refractivity contribution in [1.29, 1.82) is 0 Å². The van der Waals surface area contributed by atoms with Crippen molar-refractivity contribution in [3.05, 3.63) is 209 Å². The Hall–Kier alpha value is -7.43. The molecule has 4 heteroatoms. The monoisotopic (exact) mass is 753 g/mol. The Bertz CT molecular complexity index is 3390. The minimum absolute atomic E-state index is 0.170. The van der Waals surface area contributed by atoms with E-state index in [-0.39, 0.29) is 5.41 Å². The highest BCUT2D eigenvalue weighted by Gasteiger charge is 2.55. The predicted molar refractivity (Wildman–Crippen MR) is 237 cm³/mol. The van der Waals surface area contributed by atoms with Crippen LogP contribution in [0, 0.1) is 0 Å². The summed E-state index contributed by atoms with van der Waals surface area (Å²) in [4.78, 5) is 16.2. The molecule has 59 heavy (non-hydrogen) atoms. The predicted octanol–water partition coefficient (Wildman–Crippen LogP) is 13.4. The van der Waals surface area contributed by atoms with E-state index in [2.05, 4.69) is 190 Å². The smallest absolute Gasteiger partial charge is 0.164 e. The molecule has 3 aliphatic rings. The zero-order valence-corrected chi connectivity index (χ0v) is 32.5. The molecule has 0 saturated heterocycles. The van der Waals surface area contributed by atoms with Crippen molar-refractivity contribution in [1.82, 2.24) is 15.0 Å². The number of rotatable bonds is 3. The van der Waals surface area contributed by atoms with Gasteiger partial charge in [-0.1, -0.05) is 178 Å². The molecule has 2 heterocycles. The van der Waals surface area contributed by atoms with Crippen molar-refractivity contribution in [3.63, 3.8) is 0 Å². The molecule has 0 aliphatic heterocycles. The molecule has 10 aromatic rings. The second-order valence-electron chi connectivity index (χ2n) is 16.6. The van der Waals surface area contributed by atoms with Crippen molar-refractivity contribution in [2.75, 3.05) is 0 Å². The van der Waals surface area contributed by atoms with Crippen LogP contribution in [0.5, 0.6) is 0 Å². The lowest BCUT2D eigenvalue weighted by atomic mass is 9.70. The highest BCUT2D eigenvalue weighted by Crippen LogP contribution is 2.66. The van der Waals surface area contributed by atoms with Crippen molar-refractivity contribution in [2.24, 2.45) is 0 Å². The number of hydrogen-bond acceptors (Lipinski definition) is 4. The fraction of sp³-hybridized carbons (Fsp3) is 0.0727. The van der Waals surface area contributed by atoms with Gasteiger partial charge in [-0.25, -0.2) is 15.0 Å². The number of fused-ring (bicyclic) bond motifs is 16. The van der Waals surface area contributed by atoms with Crippen LogP contribution in [0.1, 0.15) is 47.2 Å². The summed E-state index contributed by atoms with van der Waals surface area (Å²) in [5.41, 5.74) is 16.5. The van der Waals surface area contributed by atoms with Crippen LogP contribution >= 0.6 is 0 Å². The largest absolute Gasteiger partial charge is 0.456 e. The minimum Gasteiger partial charge on any atom is -0.456 e. The number of para-hydroxylation sites is 1. The number of aromatic nitrogens is 3. The average Bonchev–Trinajstić information content (AvgIpc) is 3.98. The molecule has 0 bridgehead atoms. The Morgan fingerprint density at radius 1 is 0.407 bits per heavy atom. The van der Waals surface area contributed by atoms with Crippen molar-refractivity contribution in [3.8, 4) is 67.7 Å². The molecule has 276 valence electrons. The first-order valence-corrected chi connectivity index (χ1v) is 20.4. The quantitative estimate of drug-likeness (QED) is 0.180. The first kappa shape index (κ1) is 32.6. The molecule has 0 amide bonds. The highest BCUT2D eigenvalue weighted by atomic mass is 16.3. The fourth-order valence-corrected chi connectivity index (χ4v) is 10.8. The van der Waals surface area contributed by atoms with Gasteiger partial charge >= 0.3 is 0 Å². The molecule has 13 rings (SSSR count). The van der Waals surface area contributed by atoms with Gasteiger partial charge in [0.25, 0.3) is 0 Å². The van der Waals surface area contributed by atoms with Crippen LogP contribution in [0.15, 0.2) is 180 Å². The first-order chi connectivity index (χ1) is 29.0. The molecular formula is C55H35N3O. The maximum absolute atomic E-state index is 7.04. The zero-order chi connectivity index (χ0) is 39.0. The van der Waals surface area contributed by atoms with E-state index in [0.717, 1.165) is 49.8 Å². The van der Waals surface area contributed by atoms with E-state index >= 15 is 0 Å². The summed E-state index contributed by atoms with van der Waals surface area (Å²) in [6, 6.07) is 63.2. The third kappa shape index (κ3) is 4.20. The number of benzene rings is 8. The van der Waals surface area contributed by atoms with Gasteiger partial charge in [0.05, 0.1) is 5.41 Å². The second-order valence-corrected chi connectivity index (χ2v) is 16.6. The lowest BCUT2D eigenvalue weighted by Gasteiger charge is -2.30. The van der Waals surface area contributed by atoms with E-state index < -0.39 is 5.41 Å². The lowest BCUT2D eigenvalue weighted by molar-refractivity contribution is 0.628. The summed E-state index contributed by atoms with van der Waals surface area (Å²) in [5.74, 6) is 2.76. The van der Waals surface area contributed by atoms with Crippen molar-refractivity contribution < 1.29 is 4.42 Å². The average molecular weight is 754 g/mol. The van der Waals surface area contributed by atoms with Gasteiger partial charge in [-0.15, -0.1) is 0 Å². The van der Waals surface area contributed by atoms with Crippen LogP contribution in [0.3, 0.4) is 0 Å². The summed E-state index contributed by atoms with van der Waals surface area (Å²) in [6.45, 7) is 4.63.